The lowest BCUT2D eigenvalue weighted by Crippen LogP contribution is -2.33. The zero-order chi connectivity index (χ0) is 25.5. The maximum absolute atomic E-state index is 14.3. The molecule has 188 valence electrons. The first-order chi connectivity index (χ1) is 17.4. The molecule has 1 saturated heterocycles. The Balaban J connectivity index is 1.49. The second-order valence-corrected chi connectivity index (χ2v) is 8.09. The normalized spacial score (nSPS) is 18.7. The van der Waals surface area contributed by atoms with Gasteiger partial charge in [-0.2, -0.15) is 0 Å². The summed E-state index contributed by atoms with van der Waals surface area (Å²) in [7, 11) is 0. The van der Waals surface area contributed by atoms with E-state index in [-0.39, 0.29) is 36.8 Å². The number of nitrogens with two attached hydrogens (primary N) is 1. The summed E-state index contributed by atoms with van der Waals surface area (Å²) in [6.45, 7) is 0.256. The van der Waals surface area contributed by atoms with Crippen molar-refractivity contribution in [2.45, 2.75) is 38.0 Å². The van der Waals surface area contributed by atoms with Gasteiger partial charge in [-0.1, -0.05) is 23.4 Å². The first kappa shape index (κ1) is 24.9. The van der Waals surface area contributed by atoms with Crippen LogP contribution in [0.3, 0.4) is 0 Å². The Kier molecular flexibility index (Phi) is 7.95. The minimum Gasteiger partial charge on any atom is -0.462 e. The van der Waals surface area contributed by atoms with Crippen molar-refractivity contribution in [3.63, 3.8) is 0 Å². The molecule has 2 aromatic heterocycles. The predicted molar refractivity (Wildman–Crippen MR) is 126 cm³/mol. The number of hydrogen-bond acceptors (Lipinski definition) is 10. The van der Waals surface area contributed by atoms with Gasteiger partial charge in [0.1, 0.15) is 23.9 Å². The smallest absolute Gasteiger partial charge is 0.308 e. The molecule has 36 heavy (non-hydrogen) atoms. The van der Waals surface area contributed by atoms with Crippen molar-refractivity contribution < 1.29 is 27.9 Å². The molecule has 0 aliphatic carbocycles. The molecule has 2 atom stereocenters. The van der Waals surface area contributed by atoms with E-state index in [9.17, 15) is 18.7 Å². The fourth-order valence-electron chi connectivity index (χ4n) is 3.57. The number of aliphatic hydroxyl groups excluding tert-OH is 1. The minimum absolute atomic E-state index is 0.0240. The molecule has 0 saturated carbocycles. The Morgan fingerprint density at radius 3 is 2.86 bits per heavy atom. The number of nitrogens with zero attached hydrogens (tertiary/aromatic N) is 4. The van der Waals surface area contributed by atoms with Gasteiger partial charge in [-0.15, -0.1) is 0 Å². The molecule has 3 aromatic rings. The van der Waals surface area contributed by atoms with Crippen LogP contribution in [0.4, 0.5) is 14.6 Å². The topological polar surface area (TPSA) is 149 Å². The van der Waals surface area contributed by atoms with Crippen LogP contribution in [0, 0.1) is 11.6 Å². The number of allylic oxidation sites excluding steroid dienone is 1. The van der Waals surface area contributed by atoms with Gasteiger partial charge in [0.15, 0.2) is 17.5 Å². The van der Waals surface area contributed by atoms with Crippen LogP contribution in [0.25, 0.3) is 5.70 Å². The van der Waals surface area contributed by atoms with Crippen molar-refractivity contribution in [3.05, 3.63) is 77.6 Å². The number of carbonyl (C=O) groups is 1. The number of aromatic nitrogens is 3. The number of rotatable bonds is 9. The SMILES string of the molecule is NC(=CC(=NCc1ccccc1F)c1ccon1)c1ncc(F)c(NCC[C@@H]2C[C@@H](O)CC(=O)O2)n1. The van der Waals surface area contributed by atoms with Gasteiger partial charge in [-0.05, 0) is 12.1 Å². The van der Waals surface area contributed by atoms with Gasteiger partial charge in [-0.3, -0.25) is 9.79 Å². The zero-order valence-electron chi connectivity index (χ0n) is 19.1. The van der Waals surface area contributed by atoms with Gasteiger partial charge in [0.2, 0.25) is 0 Å². The quantitative estimate of drug-likeness (QED) is 0.299. The summed E-state index contributed by atoms with van der Waals surface area (Å²) in [6, 6.07) is 7.81. The Hall–Kier alpha value is -4.19. The van der Waals surface area contributed by atoms with Crippen molar-refractivity contribution in [2.75, 3.05) is 11.9 Å². The molecule has 3 heterocycles. The number of benzene rings is 1. The largest absolute Gasteiger partial charge is 0.462 e. The lowest BCUT2D eigenvalue weighted by Gasteiger charge is -2.25. The van der Waals surface area contributed by atoms with Crippen LogP contribution in [-0.2, 0) is 16.1 Å². The zero-order valence-corrected chi connectivity index (χ0v) is 19.1. The molecule has 0 radical (unpaired) electrons. The van der Waals surface area contributed by atoms with Gasteiger partial charge >= 0.3 is 5.97 Å². The highest BCUT2D eigenvalue weighted by Crippen LogP contribution is 2.19. The van der Waals surface area contributed by atoms with Crippen molar-refractivity contribution >= 4 is 23.2 Å². The van der Waals surface area contributed by atoms with Crippen molar-refractivity contribution in [2.24, 2.45) is 10.7 Å². The second-order valence-electron chi connectivity index (χ2n) is 8.09. The average Bonchev–Trinajstić information content (AvgIpc) is 3.38. The molecule has 1 aliphatic heterocycles. The Bertz CT molecular complexity index is 1270. The van der Waals surface area contributed by atoms with Gasteiger partial charge in [0.05, 0.1) is 36.7 Å². The van der Waals surface area contributed by atoms with Crippen LogP contribution >= 0.6 is 0 Å². The molecule has 0 spiro atoms. The number of anilines is 1. The van der Waals surface area contributed by atoms with Crippen LogP contribution in [0.5, 0.6) is 0 Å². The summed E-state index contributed by atoms with van der Waals surface area (Å²) in [5.41, 5.74) is 7.29. The third kappa shape index (κ3) is 6.48. The van der Waals surface area contributed by atoms with Crippen LogP contribution in [0.2, 0.25) is 0 Å². The number of carbonyl (C=O) groups excluding carboxylic acids is 1. The van der Waals surface area contributed by atoms with E-state index in [0.29, 0.717) is 29.8 Å². The van der Waals surface area contributed by atoms with Gasteiger partial charge < -0.3 is 25.4 Å². The molecule has 4 rings (SSSR count). The van der Waals surface area contributed by atoms with E-state index in [1.54, 1.807) is 24.3 Å². The molecule has 4 N–H and O–H groups in total. The number of aliphatic hydroxyl groups is 1. The Morgan fingerprint density at radius 1 is 1.28 bits per heavy atom. The third-order valence-electron chi connectivity index (χ3n) is 5.37. The van der Waals surface area contributed by atoms with Crippen molar-refractivity contribution in [1.82, 2.24) is 15.1 Å². The Labute approximate surface area is 204 Å². The highest BCUT2D eigenvalue weighted by atomic mass is 19.1. The third-order valence-corrected chi connectivity index (χ3v) is 5.37. The van der Waals surface area contributed by atoms with E-state index in [4.69, 9.17) is 15.0 Å². The summed E-state index contributed by atoms with van der Waals surface area (Å²) in [5.74, 6) is -1.62. The predicted octanol–water partition coefficient (Wildman–Crippen LogP) is 2.60. The van der Waals surface area contributed by atoms with E-state index in [1.807, 2.05) is 0 Å². The first-order valence-electron chi connectivity index (χ1n) is 11.2. The fourth-order valence-corrected chi connectivity index (χ4v) is 3.57. The molecule has 0 bridgehead atoms. The van der Waals surface area contributed by atoms with Crippen molar-refractivity contribution in [3.8, 4) is 0 Å². The number of cyclic esters (lactones) is 1. The lowest BCUT2D eigenvalue weighted by molar-refractivity contribution is -0.160. The molecule has 0 amide bonds. The van der Waals surface area contributed by atoms with Crippen LogP contribution in [0.15, 0.2) is 58.4 Å². The van der Waals surface area contributed by atoms with Crippen LogP contribution in [-0.4, -0.2) is 50.7 Å². The van der Waals surface area contributed by atoms with E-state index < -0.39 is 29.8 Å². The minimum atomic E-state index is -0.748. The number of halogens is 2. The highest BCUT2D eigenvalue weighted by Gasteiger charge is 2.26. The lowest BCUT2D eigenvalue weighted by atomic mass is 10.0. The molecule has 10 nitrogen and oxygen atoms in total. The molecule has 1 fully saturated rings. The first-order valence-corrected chi connectivity index (χ1v) is 11.2. The summed E-state index contributed by atoms with van der Waals surface area (Å²) in [5, 5.41) is 16.4. The number of esters is 1. The van der Waals surface area contributed by atoms with Gasteiger partial charge in [0, 0.05) is 31.0 Å². The molecule has 1 aromatic carbocycles. The summed E-state index contributed by atoms with van der Waals surface area (Å²) >= 11 is 0. The Morgan fingerprint density at radius 2 is 2.11 bits per heavy atom. The van der Waals surface area contributed by atoms with Gasteiger partial charge in [-0.25, -0.2) is 18.7 Å². The molecular formula is C24H24F2N6O4. The van der Waals surface area contributed by atoms with E-state index in [0.717, 1.165) is 6.20 Å². The van der Waals surface area contributed by atoms with E-state index in [2.05, 4.69) is 25.4 Å². The maximum Gasteiger partial charge on any atom is 0.308 e. The maximum atomic E-state index is 14.3. The molecular weight excluding hydrogens is 474 g/mol. The molecule has 1 aliphatic rings. The number of hydrogen-bond donors (Lipinski definition) is 3. The second kappa shape index (κ2) is 11.5. The number of nitrogens with one attached hydrogen (secondary N) is 1. The standard InChI is InChI=1S/C24H24F2N6O4/c25-17-4-2-1-3-14(17)12-29-21(20-6-8-35-32-20)11-19(27)24-30-13-18(26)23(31-24)28-7-5-16-9-15(33)10-22(34)36-16/h1-4,6,8,11,13,15-16,33H,5,7,9-10,12,27H2,(H,28,30,31)/t15-,16-/m1/s1. The monoisotopic (exact) mass is 498 g/mol. The van der Waals surface area contributed by atoms with Crippen LogP contribution in [0.1, 0.15) is 36.3 Å². The summed E-state index contributed by atoms with van der Waals surface area (Å²) < 4.78 is 38.4. The number of aliphatic imine (C=N–C) groups is 1. The van der Waals surface area contributed by atoms with Crippen molar-refractivity contribution in [1.29, 1.82) is 0 Å². The fraction of sp³-hybridized carbons (Fsp3) is 0.292. The van der Waals surface area contributed by atoms with Gasteiger partial charge in [0.25, 0.3) is 0 Å². The average molecular weight is 498 g/mol. The van der Waals surface area contributed by atoms with Crippen LogP contribution < -0.4 is 11.1 Å². The highest BCUT2D eigenvalue weighted by molar-refractivity contribution is 6.10. The van der Waals surface area contributed by atoms with E-state index >= 15 is 0 Å². The van der Waals surface area contributed by atoms with E-state index in [1.165, 1.54) is 18.4 Å². The summed E-state index contributed by atoms with van der Waals surface area (Å²) in [6.07, 6.45) is 3.20. The number of ether oxygens (including phenoxy) is 1. The molecule has 0 unspecified atom stereocenters. The molecule has 12 heteroatoms. The summed E-state index contributed by atoms with van der Waals surface area (Å²) in [4.78, 5) is 24.0.